The first-order valence-corrected chi connectivity index (χ1v) is 14.9. The van der Waals surface area contributed by atoms with Crippen LogP contribution < -0.4 is 20.9 Å². The van der Waals surface area contributed by atoms with Gasteiger partial charge in [0.25, 0.3) is 5.91 Å². The van der Waals surface area contributed by atoms with Crippen molar-refractivity contribution < 1.29 is 14.0 Å². The van der Waals surface area contributed by atoms with Crippen LogP contribution in [0.3, 0.4) is 0 Å². The van der Waals surface area contributed by atoms with Crippen LogP contribution in [0.2, 0.25) is 0 Å². The average Bonchev–Trinajstić information content (AvgIpc) is 3.55. The monoisotopic (exact) mass is 547 g/mol. The summed E-state index contributed by atoms with van der Waals surface area (Å²) >= 11 is 0. The second-order valence-corrected chi connectivity index (χ2v) is 12.6. The highest BCUT2D eigenvalue weighted by Gasteiger charge is 2.53. The molecule has 7 rings (SSSR count). The van der Waals surface area contributed by atoms with E-state index in [0.717, 1.165) is 38.5 Å². The van der Waals surface area contributed by atoms with Gasteiger partial charge in [-0.3, -0.25) is 9.59 Å². The van der Waals surface area contributed by atoms with Crippen molar-refractivity contribution in [3.63, 3.8) is 0 Å². The Kier molecular flexibility index (Phi) is 6.40. The normalized spacial score (nSPS) is 27.6. The number of piperidine rings is 2. The molecule has 2 aliphatic carbocycles. The van der Waals surface area contributed by atoms with Gasteiger partial charge >= 0.3 is 0 Å². The Hall–Kier alpha value is -3.27. The predicted octanol–water partition coefficient (Wildman–Crippen LogP) is 4.59. The number of carbonyl (C=O) groups excluding carboxylic acids is 2. The Labute approximate surface area is 234 Å². The number of hydrogen-bond acceptors (Lipinski definition) is 7. The molecular weight excluding hydrogens is 509 g/mol. The van der Waals surface area contributed by atoms with E-state index in [9.17, 15) is 9.59 Å². The van der Waals surface area contributed by atoms with E-state index in [1.807, 2.05) is 0 Å². The molecule has 2 saturated heterocycles. The molecule has 212 valence electrons. The number of benzene rings is 1. The number of anilines is 4. The Balaban J connectivity index is 1.07. The van der Waals surface area contributed by atoms with Gasteiger partial charge in [-0.15, -0.1) is 0 Å². The number of carbonyl (C=O) groups is 2. The lowest BCUT2D eigenvalue weighted by Gasteiger charge is -2.47. The molecule has 2 atom stereocenters. The molecule has 3 N–H and O–H groups in total. The van der Waals surface area contributed by atoms with Crippen molar-refractivity contribution in [1.29, 1.82) is 0 Å². The number of nitrogens with zero attached hydrogens (tertiary/aromatic N) is 4. The molecule has 4 fully saturated rings. The summed E-state index contributed by atoms with van der Waals surface area (Å²) in [6.45, 7) is 0.657. The van der Waals surface area contributed by atoms with Crippen molar-refractivity contribution in [1.82, 2.24) is 20.2 Å². The third kappa shape index (κ3) is 4.70. The predicted molar refractivity (Wildman–Crippen MR) is 151 cm³/mol. The van der Waals surface area contributed by atoms with E-state index in [1.54, 1.807) is 18.3 Å². The van der Waals surface area contributed by atoms with Gasteiger partial charge in [-0.05, 0) is 76.6 Å². The highest BCUT2D eigenvalue weighted by Crippen LogP contribution is 2.51. The lowest BCUT2D eigenvalue weighted by atomic mass is 9.82. The zero-order valence-corrected chi connectivity index (χ0v) is 23.1. The van der Waals surface area contributed by atoms with Crippen LogP contribution in [-0.2, 0) is 4.79 Å². The second-order valence-electron chi connectivity index (χ2n) is 12.6. The van der Waals surface area contributed by atoms with Gasteiger partial charge in [0.1, 0.15) is 11.5 Å². The first kappa shape index (κ1) is 25.7. The Morgan fingerprint density at radius 3 is 2.50 bits per heavy atom. The van der Waals surface area contributed by atoms with E-state index in [4.69, 9.17) is 4.98 Å². The number of rotatable bonds is 5. The van der Waals surface area contributed by atoms with Crippen LogP contribution >= 0.6 is 0 Å². The first-order valence-electron chi connectivity index (χ1n) is 14.9. The zero-order valence-electron chi connectivity index (χ0n) is 23.1. The van der Waals surface area contributed by atoms with E-state index in [2.05, 4.69) is 37.8 Å². The van der Waals surface area contributed by atoms with Crippen molar-refractivity contribution in [3.05, 3.63) is 35.8 Å². The molecule has 2 saturated carbocycles. The molecule has 40 heavy (non-hydrogen) atoms. The number of fused-ring (bicyclic) bond motifs is 3. The summed E-state index contributed by atoms with van der Waals surface area (Å²) in [5, 5.41) is 9.20. The van der Waals surface area contributed by atoms with Crippen molar-refractivity contribution in [2.45, 2.75) is 94.8 Å². The number of nitrogens with one attached hydrogen (secondary N) is 3. The molecule has 3 aliphatic heterocycles. The summed E-state index contributed by atoms with van der Waals surface area (Å²) in [6.07, 6.45) is 13.4. The Morgan fingerprint density at radius 1 is 1.07 bits per heavy atom. The van der Waals surface area contributed by atoms with Gasteiger partial charge in [0.2, 0.25) is 11.9 Å². The van der Waals surface area contributed by atoms with Gasteiger partial charge in [0.05, 0.1) is 17.3 Å². The highest BCUT2D eigenvalue weighted by atomic mass is 19.1. The third-order valence-electron chi connectivity index (χ3n) is 10.0. The van der Waals surface area contributed by atoms with Crippen LogP contribution in [0.15, 0.2) is 24.4 Å². The maximum atomic E-state index is 15.2. The fraction of sp³-hybridized carbons (Fsp3) is 0.600. The smallest absolute Gasteiger partial charge is 0.251 e. The topological polar surface area (TPSA) is 102 Å². The van der Waals surface area contributed by atoms with E-state index >= 15 is 4.39 Å². The summed E-state index contributed by atoms with van der Waals surface area (Å²) < 4.78 is 15.2. The van der Waals surface area contributed by atoms with Gasteiger partial charge in [0, 0.05) is 36.3 Å². The molecular formula is C30H38FN7O2. The Morgan fingerprint density at radius 2 is 1.80 bits per heavy atom. The van der Waals surface area contributed by atoms with Crippen LogP contribution in [0.5, 0.6) is 0 Å². The molecule has 0 radical (unpaired) electrons. The van der Waals surface area contributed by atoms with Gasteiger partial charge in [-0.1, -0.05) is 19.3 Å². The number of amides is 2. The molecule has 1 aromatic heterocycles. The number of hydrogen-bond donors (Lipinski definition) is 3. The second kappa shape index (κ2) is 9.98. The standard InChI is InChI=1S/C30H38FN7O2/c1-37-21-7-4-8-22(37)15-19(14-21)33-27(39)18-9-10-24(23(31)13-18)35-29-32-16-25-26(36-29)38(20-5-2-3-6-20)17-30(11-12-30)28(40)34-25/h9-10,13,16,19-22H,2-8,11-12,14-15,17H2,1H3,(H,33,39)(H,34,40)(H,32,35,36). The first-order chi connectivity index (χ1) is 19.4. The van der Waals surface area contributed by atoms with E-state index < -0.39 is 5.82 Å². The molecule has 5 aliphatic rings. The molecule has 2 bridgehead atoms. The van der Waals surface area contributed by atoms with Crippen molar-refractivity contribution in [2.75, 3.05) is 29.1 Å². The average molecular weight is 548 g/mol. The SMILES string of the molecule is CN1C2CCCC1CC(NC(=O)c1ccc(Nc3ncc4c(n3)N(C3CCCC3)CC3(CC3)C(=O)N4)c(F)c1)C2. The van der Waals surface area contributed by atoms with Crippen molar-refractivity contribution in [3.8, 4) is 0 Å². The lowest BCUT2D eigenvalue weighted by Crippen LogP contribution is -2.55. The van der Waals surface area contributed by atoms with Crippen molar-refractivity contribution in [2.24, 2.45) is 5.41 Å². The quantitative estimate of drug-likeness (QED) is 0.503. The molecule has 4 heterocycles. The molecule has 2 aromatic rings. The van der Waals surface area contributed by atoms with Crippen LogP contribution in [0.1, 0.15) is 81.0 Å². The molecule has 1 spiro atoms. The summed E-state index contributed by atoms with van der Waals surface area (Å²) in [5.74, 6) is 0.222. The minimum absolute atomic E-state index is 0.0434. The van der Waals surface area contributed by atoms with Crippen LogP contribution in [0.4, 0.5) is 27.5 Å². The minimum Gasteiger partial charge on any atom is -0.351 e. The Bertz CT molecular complexity index is 1310. The number of aromatic nitrogens is 2. The molecule has 1 aromatic carbocycles. The van der Waals surface area contributed by atoms with E-state index in [0.29, 0.717) is 41.7 Å². The minimum atomic E-state index is -0.538. The summed E-state index contributed by atoms with van der Waals surface area (Å²) in [7, 11) is 2.19. The van der Waals surface area contributed by atoms with Gasteiger partial charge < -0.3 is 25.8 Å². The summed E-state index contributed by atoms with van der Waals surface area (Å²) in [6, 6.07) is 5.96. The third-order valence-corrected chi connectivity index (χ3v) is 10.0. The zero-order chi connectivity index (χ0) is 27.4. The van der Waals surface area contributed by atoms with Crippen LogP contribution in [0, 0.1) is 11.2 Å². The van der Waals surface area contributed by atoms with Crippen LogP contribution in [-0.4, -0.2) is 64.4 Å². The summed E-state index contributed by atoms with van der Waals surface area (Å²) in [4.78, 5) is 39.8. The maximum Gasteiger partial charge on any atom is 0.251 e. The molecule has 2 unspecified atom stereocenters. The van der Waals surface area contributed by atoms with Gasteiger partial charge in [0.15, 0.2) is 5.82 Å². The van der Waals surface area contributed by atoms with Gasteiger partial charge in [-0.25, -0.2) is 9.37 Å². The van der Waals surface area contributed by atoms with Crippen LogP contribution in [0.25, 0.3) is 0 Å². The maximum absolute atomic E-state index is 15.2. The van der Waals surface area contributed by atoms with E-state index in [-0.39, 0.29) is 34.9 Å². The molecule has 2 amide bonds. The fourth-order valence-corrected chi connectivity index (χ4v) is 7.40. The molecule has 10 heteroatoms. The van der Waals surface area contributed by atoms with E-state index in [1.165, 1.54) is 38.2 Å². The lowest BCUT2D eigenvalue weighted by molar-refractivity contribution is -0.120. The van der Waals surface area contributed by atoms with Gasteiger partial charge in [-0.2, -0.15) is 4.98 Å². The van der Waals surface area contributed by atoms with Crippen molar-refractivity contribution >= 4 is 35.0 Å². The molecule has 9 nitrogen and oxygen atoms in total. The highest BCUT2D eigenvalue weighted by molar-refractivity contribution is 6.01. The fourth-order valence-electron chi connectivity index (χ4n) is 7.40. The largest absolute Gasteiger partial charge is 0.351 e. The number of halogens is 1. The summed E-state index contributed by atoms with van der Waals surface area (Å²) in [5.41, 5.74) is 0.775.